The topological polar surface area (TPSA) is 122 Å². The number of halogens is 2. The lowest BCUT2D eigenvalue weighted by Gasteiger charge is -2.34. The van der Waals surface area contributed by atoms with Crippen LogP contribution in [0.5, 0.6) is 17.2 Å². The Hall–Kier alpha value is -4.02. The fourth-order valence-corrected chi connectivity index (χ4v) is 9.06. The SMILES string of the molecule is CC(C)CN(C[C@H]1OC(C)(C)N(C(=O)O[C@H]2CO[C@H]3OCC[C@H]32)[C@H]1Cc1ccc(OCc2cc(F)cc(F)c2)cc1)S(=O)(=O)c1ccc2c(c1)OCO2. The first-order chi connectivity index (χ1) is 25.3. The van der Waals surface area contributed by atoms with E-state index in [4.69, 9.17) is 33.2 Å². The van der Waals surface area contributed by atoms with Crippen molar-refractivity contribution in [2.45, 2.75) is 82.3 Å². The second kappa shape index (κ2) is 15.0. The highest BCUT2D eigenvalue weighted by atomic mass is 32.2. The van der Waals surface area contributed by atoms with Gasteiger partial charge < -0.3 is 33.2 Å². The number of fused-ring (bicyclic) bond motifs is 2. The van der Waals surface area contributed by atoms with Crippen LogP contribution in [0.1, 0.15) is 45.2 Å². The van der Waals surface area contributed by atoms with Crippen molar-refractivity contribution >= 4 is 16.1 Å². The van der Waals surface area contributed by atoms with Gasteiger partial charge in [-0.05, 0) is 80.1 Å². The van der Waals surface area contributed by atoms with E-state index in [0.29, 0.717) is 35.8 Å². The molecule has 3 aromatic rings. The van der Waals surface area contributed by atoms with Gasteiger partial charge in [-0.25, -0.2) is 22.0 Å². The molecule has 0 aromatic heterocycles. The maximum Gasteiger partial charge on any atom is 0.412 e. The molecule has 5 atom stereocenters. The molecule has 3 aromatic carbocycles. The number of ether oxygens (including phenoxy) is 7. The third-order valence-corrected chi connectivity index (χ3v) is 11.7. The van der Waals surface area contributed by atoms with Crippen LogP contribution in [-0.4, -0.2) is 87.1 Å². The van der Waals surface area contributed by atoms with Gasteiger partial charge in [0, 0.05) is 25.2 Å². The van der Waals surface area contributed by atoms with Crippen molar-refractivity contribution in [2.75, 3.05) is 33.1 Å². The Bertz CT molecular complexity index is 1890. The van der Waals surface area contributed by atoms with Gasteiger partial charge in [-0.1, -0.05) is 26.0 Å². The van der Waals surface area contributed by atoms with E-state index in [1.165, 1.54) is 28.6 Å². The highest BCUT2D eigenvalue weighted by Gasteiger charge is 2.53. The van der Waals surface area contributed by atoms with Crippen molar-refractivity contribution in [1.82, 2.24) is 9.21 Å². The van der Waals surface area contributed by atoms with Crippen molar-refractivity contribution in [2.24, 2.45) is 11.8 Å². The molecule has 0 bridgehead atoms. The van der Waals surface area contributed by atoms with E-state index < -0.39 is 58.0 Å². The standard InChI is InChI=1S/C38H44F2N2O10S/c1-23(2)18-41(53(44,45)29-9-10-32-33(17-29)50-22-49-32)19-34-31(15-24-5-7-28(8-6-24)47-20-25-13-26(39)16-27(40)14-25)42(38(3,4)52-34)37(43)51-35-21-48-36-30(35)11-12-46-36/h5-10,13-14,16-17,23,30-31,34-36H,11-12,15,18-22H2,1-4H3/t30-,31-,34+,35-,36+/m0/s1. The van der Waals surface area contributed by atoms with Crippen LogP contribution in [0.2, 0.25) is 0 Å². The third-order valence-electron chi connectivity index (χ3n) is 9.85. The quantitative estimate of drug-likeness (QED) is 0.222. The Kier molecular flexibility index (Phi) is 10.6. The molecule has 4 aliphatic heterocycles. The molecule has 15 heteroatoms. The Morgan fingerprint density at radius 2 is 1.72 bits per heavy atom. The zero-order chi connectivity index (χ0) is 37.5. The number of carbonyl (C=O) groups is 1. The van der Waals surface area contributed by atoms with Crippen molar-refractivity contribution < 1.29 is 55.2 Å². The van der Waals surface area contributed by atoms with Crippen LogP contribution < -0.4 is 14.2 Å². The molecule has 1 amide bonds. The molecule has 0 spiro atoms. The fourth-order valence-electron chi connectivity index (χ4n) is 7.43. The van der Waals surface area contributed by atoms with Crippen LogP contribution in [-0.2, 0) is 42.0 Å². The monoisotopic (exact) mass is 758 g/mol. The number of carbonyl (C=O) groups excluding carboxylic acids is 1. The summed E-state index contributed by atoms with van der Waals surface area (Å²) in [5, 5.41) is 0. The van der Waals surface area contributed by atoms with E-state index in [1.807, 2.05) is 26.0 Å². The third kappa shape index (κ3) is 8.09. The van der Waals surface area contributed by atoms with Crippen LogP contribution in [0.25, 0.3) is 0 Å². The molecule has 3 saturated heterocycles. The molecule has 0 aliphatic carbocycles. The van der Waals surface area contributed by atoms with Crippen LogP contribution in [0.3, 0.4) is 0 Å². The molecule has 4 heterocycles. The summed E-state index contributed by atoms with van der Waals surface area (Å²) in [6.45, 7) is 8.23. The fraction of sp³-hybridized carbons (Fsp3) is 0.500. The van der Waals surface area contributed by atoms with Crippen LogP contribution >= 0.6 is 0 Å². The maximum atomic E-state index is 14.3. The van der Waals surface area contributed by atoms with Gasteiger partial charge in [0.25, 0.3) is 0 Å². The summed E-state index contributed by atoms with van der Waals surface area (Å²) in [6.07, 6.45) is -1.28. The van der Waals surface area contributed by atoms with Gasteiger partial charge in [-0.2, -0.15) is 4.31 Å². The van der Waals surface area contributed by atoms with E-state index >= 15 is 0 Å². The lowest BCUT2D eigenvalue weighted by Crippen LogP contribution is -2.51. The summed E-state index contributed by atoms with van der Waals surface area (Å²) in [6, 6.07) is 14.2. The van der Waals surface area contributed by atoms with E-state index in [-0.39, 0.29) is 56.2 Å². The minimum absolute atomic E-state index is 0.00859. The molecule has 3 fully saturated rings. The highest BCUT2D eigenvalue weighted by Crippen LogP contribution is 2.40. The summed E-state index contributed by atoms with van der Waals surface area (Å²) in [5.41, 5.74) is -0.0170. The second-order valence-corrected chi connectivity index (χ2v) is 16.6. The lowest BCUT2D eigenvalue weighted by molar-refractivity contribution is -0.0911. The maximum absolute atomic E-state index is 14.3. The summed E-state index contributed by atoms with van der Waals surface area (Å²) < 4.78 is 98.0. The minimum atomic E-state index is -4.06. The van der Waals surface area contributed by atoms with Crippen molar-refractivity contribution in [3.05, 3.63) is 83.4 Å². The van der Waals surface area contributed by atoms with Gasteiger partial charge in [-0.15, -0.1) is 0 Å². The van der Waals surface area contributed by atoms with E-state index in [0.717, 1.165) is 11.6 Å². The van der Waals surface area contributed by atoms with Gasteiger partial charge in [0.2, 0.25) is 16.8 Å². The largest absolute Gasteiger partial charge is 0.489 e. The van der Waals surface area contributed by atoms with Gasteiger partial charge in [0.15, 0.2) is 17.8 Å². The lowest BCUT2D eigenvalue weighted by atomic mass is 9.99. The average molecular weight is 759 g/mol. The molecule has 0 radical (unpaired) electrons. The Balaban J connectivity index is 1.15. The Morgan fingerprint density at radius 3 is 2.45 bits per heavy atom. The molecule has 12 nitrogen and oxygen atoms in total. The van der Waals surface area contributed by atoms with Gasteiger partial charge in [-0.3, -0.25) is 4.90 Å². The zero-order valence-electron chi connectivity index (χ0n) is 30.0. The normalized spacial score (nSPS) is 24.6. The summed E-state index contributed by atoms with van der Waals surface area (Å²) in [4.78, 5) is 15.8. The molecule has 0 saturated carbocycles. The number of hydrogen-bond acceptors (Lipinski definition) is 10. The predicted molar refractivity (Wildman–Crippen MR) is 186 cm³/mol. The first kappa shape index (κ1) is 37.3. The van der Waals surface area contributed by atoms with E-state index in [2.05, 4.69) is 0 Å². The molecule has 286 valence electrons. The number of hydrogen-bond donors (Lipinski definition) is 0. The molecule has 4 aliphatic rings. The number of benzene rings is 3. The predicted octanol–water partition coefficient (Wildman–Crippen LogP) is 5.87. The second-order valence-electron chi connectivity index (χ2n) is 14.6. The molecule has 7 rings (SSSR count). The first-order valence-electron chi connectivity index (χ1n) is 17.7. The van der Waals surface area contributed by atoms with Crippen LogP contribution in [0, 0.1) is 23.5 Å². The Morgan fingerprint density at radius 1 is 0.981 bits per heavy atom. The van der Waals surface area contributed by atoms with Gasteiger partial charge in [0.05, 0.1) is 36.2 Å². The number of amides is 1. The zero-order valence-corrected chi connectivity index (χ0v) is 30.9. The average Bonchev–Trinajstić information content (AvgIpc) is 3.88. The summed E-state index contributed by atoms with van der Waals surface area (Å²) in [5.74, 6) is -0.199. The van der Waals surface area contributed by atoms with Gasteiger partial charge in [0.1, 0.15) is 35.8 Å². The molecule has 0 unspecified atom stereocenters. The van der Waals surface area contributed by atoms with Crippen LogP contribution in [0.4, 0.5) is 13.6 Å². The molecule has 0 N–H and O–H groups in total. The van der Waals surface area contributed by atoms with Crippen molar-refractivity contribution in [1.29, 1.82) is 0 Å². The first-order valence-corrected chi connectivity index (χ1v) is 19.2. The van der Waals surface area contributed by atoms with Crippen LogP contribution in [0.15, 0.2) is 65.6 Å². The molecular weight excluding hydrogens is 714 g/mol. The number of nitrogens with zero attached hydrogens (tertiary/aromatic N) is 2. The van der Waals surface area contributed by atoms with Crippen molar-refractivity contribution in [3.8, 4) is 17.2 Å². The van der Waals surface area contributed by atoms with Crippen molar-refractivity contribution in [3.63, 3.8) is 0 Å². The smallest absolute Gasteiger partial charge is 0.412 e. The molecule has 53 heavy (non-hydrogen) atoms. The summed E-state index contributed by atoms with van der Waals surface area (Å²) in [7, 11) is -4.06. The Labute approximate surface area is 307 Å². The number of sulfonamides is 1. The van der Waals surface area contributed by atoms with E-state index in [9.17, 15) is 22.0 Å². The van der Waals surface area contributed by atoms with E-state index in [1.54, 1.807) is 36.9 Å². The van der Waals surface area contributed by atoms with Gasteiger partial charge >= 0.3 is 6.09 Å². The summed E-state index contributed by atoms with van der Waals surface area (Å²) >= 11 is 0. The molecular formula is C38H44F2N2O10S. The highest BCUT2D eigenvalue weighted by molar-refractivity contribution is 7.89. The number of rotatable bonds is 12. The minimum Gasteiger partial charge on any atom is -0.489 e.